The predicted octanol–water partition coefficient (Wildman–Crippen LogP) is 2.70. The Balaban J connectivity index is 1.74. The molecule has 0 aliphatic carbocycles. The molecule has 112 valence electrons. The van der Waals surface area contributed by atoms with Crippen molar-refractivity contribution in [3.63, 3.8) is 0 Å². The molecule has 4 nitrogen and oxygen atoms in total. The lowest BCUT2D eigenvalue weighted by molar-refractivity contribution is -0.124. The molecule has 2 aromatic rings. The van der Waals surface area contributed by atoms with Crippen molar-refractivity contribution in [2.45, 2.75) is 6.42 Å². The topological polar surface area (TPSA) is 40.6 Å². The largest absolute Gasteiger partial charge is 0.315 e. The molecule has 2 aromatic carbocycles. The minimum atomic E-state index is -0.294. The summed E-state index contributed by atoms with van der Waals surface area (Å²) in [5, 5.41) is 0. The van der Waals surface area contributed by atoms with Gasteiger partial charge in [0.1, 0.15) is 0 Å². The first-order valence-corrected chi connectivity index (χ1v) is 7.35. The van der Waals surface area contributed by atoms with E-state index in [9.17, 15) is 9.59 Å². The van der Waals surface area contributed by atoms with Crippen LogP contribution in [0.4, 0.5) is 11.4 Å². The maximum Gasteiger partial charge on any atom is 0.232 e. The smallest absolute Gasteiger partial charge is 0.232 e. The number of hydrogen-bond acceptors (Lipinski definition) is 2. The second kappa shape index (κ2) is 6.02. The van der Waals surface area contributed by atoms with Crippen LogP contribution in [-0.4, -0.2) is 25.4 Å². The molecular weight excluding hydrogens is 276 g/mol. The Bertz CT molecular complexity index is 670. The highest BCUT2D eigenvalue weighted by molar-refractivity contribution is 6.04. The molecule has 1 aliphatic heterocycles. The lowest BCUT2D eigenvalue weighted by Crippen LogP contribution is -2.34. The fraction of sp³-hybridized carbons (Fsp3) is 0.222. The summed E-state index contributed by atoms with van der Waals surface area (Å²) in [6.45, 7) is 0.443. The monoisotopic (exact) mass is 294 g/mol. The van der Waals surface area contributed by atoms with Crippen molar-refractivity contribution in [3.05, 3.63) is 60.7 Å². The van der Waals surface area contributed by atoms with Gasteiger partial charge in [-0.15, -0.1) is 0 Å². The number of para-hydroxylation sites is 2. The number of amides is 2. The van der Waals surface area contributed by atoms with E-state index in [4.69, 9.17) is 0 Å². The maximum atomic E-state index is 12.6. The van der Waals surface area contributed by atoms with E-state index in [1.54, 1.807) is 16.8 Å². The van der Waals surface area contributed by atoms with Crippen LogP contribution in [0.15, 0.2) is 60.7 Å². The zero-order valence-electron chi connectivity index (χ0n) is 12.5. The van der Waals surface area contributed by atoms with Gasteiger partial charge in [-0.05, 0) is 24.3 Å². The van der Waals surface area contributed by atoms with Gasteiger partial charge < -0.3 is 9.80 Å². The van der Waals surface area contributed by atoms with E-state index in [0.29, 0.717) is 6.54 Å². The first kappa shape index (κ1) is 14.3. The van der Waals surface area contributed by atoms with Crippen LogP contribution in [0, 0.1) is 5.92 Å². The molecule has 0 N–H and O–H groups in total. The highest BCUT2D eigenvalue weighted by Crippen LogP contribution is 2.27. The van der Waals surface area contributed by atoms with Crippen molar-refractivity contribution < 1.29 is 9.59 Å². The molecule has 1 fully saturated rings. The Hall–Kier alpha value is -2.62. The molecule has 1 aliphatic rings. The maximum absolute atomic E-state index is 12.6. The Kier molecular flexibility index (Phi) is 3.92. The summed E-state index contributed by atoms with van der Waals surface area (Å²) in [5.41, 5.74) is 1.70. The SMILES string of the molecule is CN(C(=O)[C@H]1CC(=O)N(c2ccccc2)C1)c1ccccc1. The summed E-state index contributed by atoms with van der Waals surface area (Å²) in [7, 11) is 1.76. The summed E-state index contributed by atoms with van der Waals surface area (Å²) in [5.74, 6) is -0.304. The summed E-state index contributed by atoms with van der Waals surface area (Å²) in [6, 6.07) is 19.0. The van der Waals surface area contributed by atoms with Crippen LogP contribution in [0.2, 0.25) is 0 Å². The highest BCUT2D eigenvalue weighted by atomic mass is 16.2. The van der Waals surface area contributed by atoms with Gasteiger partial charge in [0.15, 0.2) is 0 Å². The van der Waals surface area contributed by atoms with Gasteiger partial charge in [0.05, 0.1) is 5.92 Å². The van der Waals surface area contributed by atoms with Crippen molar-refractivity contribution in [2.24, 2.45) is 5.92 Å². The van der Waals surface area contributed by atoms with Crippen LogP contribution in [-0.2, 0) is 9.59 Å². The standard InChI is InChI=1S/C18H18N2O2/c1-19(15-8-4-2-5-9-15)18(22)14-12-17(21)20(13-14)16-10-6-3-7-11-16/h2-11,14H,12-13H2,1H3/t14-/m0/s1. The molecule has 2 amide bonds. The second-order valence-corrected chi connectivity index (χ2v) is 5.47. The average molecular weight is 294 g/mol. The lowest BCUT2D eigenvalue weighted by atomic mass is 10.1. The normalized spacial score (nSPS) is 17.6. The van der Waals surface area contributed by atoms with Crippen LogP contribution < -0.4 is 9.80 Å². The van der Waals surface area contributed by atoms with E-state index in [0.717, 1.165) is 11.4 Å². The van der Waals surface area contributed by atoms with Crippen LogP contribution in [0.5, 0.6) is 0 Å². The molecule has 0 saturated carbocycles. The van der Waals surface area contributed by atoms with Gasteiger partial charge in [-0.1, -0.05) is 36.4 Å². The number of benzene rings is 2. The van der Waals surface area contributed by atoms with Crippen LogP contribution in [0.25, 0.3) is 0 Å². The van der Waals surface area contributed by atoms with Gasteiger partial charge in [-0.25, -0.2) is 0 Å². The quantitative estimate of drug-likeness (QED) is 0.873. The van der Waals surface area contributed by atoms with Crippen molar-refractivity contribution in [1.29, 1.82) is 0 Å². The van der Waals surface area contributed by atoms with Gasteiger partial charge in [0.2, 0.25) is 11.8 Å². The summed E-state index contributed by atoms with van der Waals surface area (Å²) < 4.78 is 0. The number of nitrogens with zero attached hydrogens (tertiary/aromatic N) is 2. The van der Waals surface area contributed by atoms with Crippen molar-refractivity contribution in [3.8, 4) is 0 Å². The fourth-order valence-corrected chi connectivity index (χ4v) is 2.78. The van der Waals surface area contributed by atoms with Crippen molar-refractivity contribution in [2.75, 3.05) is 23.4 Å². The van der Waals surface area contributed by atoms with E-state index >= 15 is 0 Å². The molecule has 0 bridgehead atoms. The van der Waals surface area contributed by atoms with Gasteiger partial charge in [-0.3, -0.25) is 9.59 Å². The average Bonchev–Trinajstić information content (AvgIpc) is 2.97. The number of hydrogen-bond donors (Lipinski definition) is 0. The molecule has 1 atom stereocenters. The lowest BCUT2D eigenvalue weighted by Gasteiger charge is -2.21. The predicted molar refractivity (Wildman–Crippen MR) is 86.8 cm³/mol. The van der Waals surface area contributed by atoms with E-state index in [1.807, 2.05) is 60.7 Å². The molecule has 4 heteroatoms. The van der Waals surface area contributed by atoms with Crippen molar-refractivity contribution in [1.82, 2.24) is 0 Å². The summed E-state index contributed by atoms with van der Waals surface area (Å²) >= 11 is 0. The Labute approximate surface area is 130 Å². The van der Waals surface area contributed by atoms with E-state index in [1.165, 1.54) is 0 Å². The van der Waals surface area contributed by atoms with Crippen LogP contribution in [0.1, 0.15) is 6.42 Å². The molecular formula is C18H18N2O2. The molecule has 0 unspecified atom stereocenters. The third-order valence-electron chi connectivity index (χ3n) is 4.02. The molecule has 0 spiro atoms. The summed E-state index contributed by atoms with van der Waals surface area (Å²) in [6.07, 6.45) is 0.269. The fourth-order valence-electron chi connectivity index (χ4n) is 2.78. The molecule has 3 rings (SSSR count). The minimum Gasteiger partial charge on any atom is -0.315 e. The van der Waals surface area contributed by atoms with Crippen LogP contribution in [0.3, 0.4) is 0 Å². The molecule has 0 radical (unpaired) electrons. The third kappa shape index (κ3) is 2.72. The summed E-state index contributed by atoms with van der Waals surface area (Å²) in [4.78, 5) is 28.1. The number of carbonyl (C=O) groups is 2. The molecule has 1 heterocycles. The third-order valence-corrected chi connectivity index (χ3v) is 4.02. The molecule has 22 heavy (non-hydrogen) atoms. The molecule has 1 saturated heterocycles. The number of anilines is 2. The minimum absolute atomic E-state index is 0.00557. The zero-order valence-corrected chi connectivity index (χ0v) is 12.5. The van der Waals surface area contributed by atoms with E-state index in [-0.39, 0.29) is 24.2 Å². The van der Waals surface area contributed by atoms with Gasteiger partial charge >= 0.3 is 0 Å². The Morgan fingerprint density at radius 1 is 1.05 bits per heavy atom. The Morgan fingerprint density at radius 3 is 2.27 bits per heavy atom. The molecule has 0 aromatic heterocycles. The zero-order chi connectivity index (χ0) is 15.5. The van der Waals surface area contributed by atoms with E-state index < -0.39 is 0 Å². The first-order chi connectivity index (χ1) is 10.7. The number of carbonyl (C=O) groups excluding carboxylic acids is 2. The van der Waals surface area contributed by atoms with Crippen LogP contribution >= 0.6 is 0 Å². The highest BCUT2D eigenvalue weighted by Gasteiger charge is 2.36. The Morgan fingerprint density at radius 2 is 1.64 bits per heavy atom. The van der Waals surface area contributed by atoms with Crippen molar-refractivity contribution >= 4 is 23.2 Å². The van der Waals surface area contributed by atoms with Gasteiger partial charge in [-0.2, -0.15) is 0 Å². The second-order valence-electron chi connectivity index (χ2n) is 5.47. The van der Waals surface area contributed by atoms with E-state index in [2.05, 4.69) is 0 Å². The van der Waals surface area contributed by atoms with Gasteiger partial charge in [0.25, 0.3) is 0 Å². The van der Waals surface area contributed by atoms with Gasteiger partial charge in [0, 0.05) is 31.4 Å². The number of rotatable bonds is 3. The first-order valence-electron chi connectivity index (χ1n) is 7.35.